The molecule has 0 aliphatic rings. The molecule has 0 saturated carbocycles. The van der Waals surface area contributed by atoms with E-state index in [1.54, 1.807) is 37.3 Å². The number of benzene rings is 2. The van der Waals surface area contributed by atoms with Crippen LogP contribution in [0.1, 0.15) is 13.3 Å². The molecule has 0 bridgehead atoms. The summed E-state index contributed by atoms with van der Waals surface area (Å²) in [7, 11) is 0. The summed E-state index contributed by atoms with van der Waals surface area (Å²) in [5.41, 5.74) is 1.09. The highest BCUT2D eigenvalue weighted by Crippen LogP contribution is 2.21. The summed E-state index contributed by atoms with van der Waals surface area (Å²) >= 11 is 3.14. The number of anilines is 2. The van der Waals surface area contributed by atoms with Crippen LogP contribution in [-0.2, 0) is 9.59 Å². The van der Waals surface area contributed by atoms with Crippen LogP contribution in [0.3, 0.4) is 0 Å². The van der Waals surface area contributed by atoms with E-state index in [0.29, 0.717) is 22.3 Å². The Morgan fingerprint density at radius 3 is 2.38 bits per heavy atom. The van der Waals surface area contributed by atoms with E-state index in [4.69, 9.17) is 4.74 Å². The van der Waals surface area contributed by atoms with E-state index in [0.717, 1.165) is 0 Å². The third-order valence-electron chi connectivity index (χ3n) is 3.00. The molecule has 24 heavy (non-hydrogen) atoms. The van der Waals surface area contributed by atoms with Gasteiger partial charge in [0.1, 0.15) is 0 Å². The first kappa shape index (κ1) is 17.9. The highest BCUT2D eigenvalue weighted by molar-refractivity contribution is 9.10. The fourth-order valence-electron chi connectivity index (χ4n) is 1.86. The monoisotopic (exact) mass is 394 g/mol. The van der Waals surface area contributed by atoms with Crippen LogP contribution in [0.15, 0.2) is 46.9 Å². The lowest BCUT2D eigenvalue weighted by molar-refractivity contribution is -0.118. The first-order chi connectivity index (χ1) is 11.5. The van der Waals surface area contributed by atoms with Gasteiger partial charge in [-0.2, -0.15) is 0 Å². The van der Waals surface area contributed by atoms with Crippen molar-refractivity contribution >= 4 is 39.1 Å². The van der Waals surface area contributed by atoms with Crippen molar-refractivity contribution in [2.24, 2.45) is 0 Å². The third-order valence-corrected chi connectivity index (χ3v) is 3.50. The Morgan fingerprint density at radius 2 is 1.75 bits per heavy atom. The van der Waals surface area contributed by atoms with E-state index in [9.17, 15) is 14.0 Å². The van der Waals surface area contributed by atoms with Gasteiger partial charge in [-0.1, -0.05) is 28.9 Å². The van der Waals surface area contributed by atoms with Gasteiger partial charge in [0.2, 0.25) is 5.91 Å². The highest BCUT2D eigenvalue weighted by Gasteiger charge is 2.08. The lowest BCUT2D eigenvalue weighted by atomic mass is 10.2. The van der Waals surface area contributed by atoms with Crippen LogP contribution >= 0.6 is 15.9 Å². The van der Waals surface area contributed by atoms with Crippen LogP contribution in [-0.4, -0.2) is 18.4 Å². The van der Waals surface area contributed by atoms with Gasteiger partial charge < -0.3 is 15.4 Å². The second-order valence-corrected chi connectivity index (χ2v) is 5.81. The number of amides is 2. The number of hydrogen-bond donors (Lipinski definition) is 2. The number of ether oxygens (including phenoxy) is 1. The number of hydrogen-bond acceptors (Lipinski definition) is 3. The van der Waals surface area contributed by atoms with Crippen LogP contribution in [0.2, 0.25) is 0 Å². The van der Waals surface area contributed by atoms with Gasteiger partial charge in [0.25, 0.3) is 5.91 Å². The zero-order chi connectivity index (χ0) is 17.5. The normalized spacial score (nSPS) is 10.1. The molecular weight excluding hydrogens is 379 g/mol. The topological polar surface area (TPSA) is 67.4 Å². The van der Waals surface area contributed by atoms with Crippen LogP contribution < -0.4 is 15.4 Å². The van der Waals surface area contributed by atoms with Crippen LogP contribution in [0, 0.1) is 5.82 Å². The molecule has 0 atom stereocenters. The maximum absolute atomic E-state index is 13.6. The quantitative estimate of drug-likeness (QED) is 0.778. The van der Waals surface area contributed by atoms with E-state index in [-0.39, 0.29) is 18.3 Å². The van der Waals surface area contributed by atoms with E-state index in [2.05, 4.69) is 26.6 Å². The molecule has 2 amide bonds. The number of rotatable bonds is 6. The summed E-state index contributed by atoms with van der Waals surface area (Å²) in [6.07, 6.45) is 0.364. The fourth-order valence-corrected chi connectivity index (χ4v) is 2.19. The standard InChI is InChI=1S/C17H16BrFN2O3/c1-2-16(22)20-12-4-3-5-13(9-12)21-17(23)10-24-15-7-6-11(18)8-14(15)19/h3-9H,2,10H2,1H3,(H,20,22)(H,21,23). The number of carbonyl (C=O) groups is 2. The average molecular weight is 395 g/mol. The molecule has 0 heterocycles. The molecule has 0 fully saturated rings. The molecule has 126 valence electrons. The first-order valence-corrected chi connectivity index (χ1v) is 8.05. The van der Waals surface area contributed by atoms with Gasteiger partial charge in [-0.15, -0.1) is 0 Å². The minimum atomic E-state index is -0.554. The Labute approximate surface area is 147 Å². The maximum atomic E-state index is 13.6. The molecule has 0 saturated heterocycles. The van der Waals surface area contributed by atoms with Gasteiger partial charge in [-0.3, -0.25) is 9.59 Å². The summed E-state index contributed by atoms with van der Waals surface area (Å²) in [5, 5.41) is 5.33. The van der Waals surface area contributed by atoms with E-state index in [1.165, 1.54) is 12.1 Å². The third kappa shape index (κ3) is 5.34. The van der Waals surface area contributed by atoms with Gasteiger partial charge in [-0.05, 0) is 36.4 Å². The SMILES string of the molecule is CCC(=O)Nc1cccc(NC(=O)COc2ccc(Br)cc2F)c1. The van der Waals surface area contributed by atoms with Crippen molar-refractivity contribution in [1.29, 1.82) is 0 Å². The lowest BCUT2D eigenvalue weighted by Gasteiger charge is -2.10. The minimum absolute atomic E-state index is 0.00249. The van der Waals surface area contributed by atoms with Gasteiger partial charge in [0.15, 0.2) is 18.2 Å². The summed E-state index contributed by atoms with van der Waals surface area (Å²) in [6, 6.07) is 11.1. The van der Waals surface area contributed by atoms with Crippen molar-refractivity contribution in [2.45, 2.75) is 13.3 Å². The molecule has 0 aromatic heterocycles. The van der Waals surface area contributed by atoms with Crippen molar-refractivity contribution < 1.29 is 18.7 Å². The molecule has 2 N–H and O–H groups in total. The molecular formula is C17H16BrFN2O3. The average Bonchev–Trinajstić information content (AvgIpc) is 2.54. The molecule has 2 rings (SSSR count). The molecule has 2 aromatic rings. The van der Waals surface area contributed by atoms with Crippen molar-refractivity contribution in [3.63, 3.8) is 0 Å². The van der Waals surface area contributed by atoms with Crippen LogP contribution in [0.5, 0.6) is 5.75 Å². The largest absolute Gasteiger partial charge is 0.481 e. The Kier molecular flexibility index (Phi) is 6.31. The van der Waals surface area contributed by atoms with E-state index < -0.39 is 11.7 Å². The van der Waals surface area contributed by atoms with Crippen LogP contribution in [0.25, 0.3) is 0 Å². The van der Waals surface area contributed by atoms with Gasteiger partial charge in [-0.25, -0.2) is 4.39 Å². The number of carbonyl (C=O) groups excluding carboxylic acids is 2. The minimum Gasteiger partial charge on any atom is -0.481 e. The Hall–Kier alpha value is -2.41. The molecule has 0 aliphatic heterocycles. The lowest BCUT2D eigenvalue weighted by Crippen LogP contribution is -2.20. The van der Waals surface area contributed by atoms with Crippen molar-refractivity contribution in [3.8, 4) is 5.75 Å². The summed E-state index contributed by atoms with van der Waals surface area (Å²) < 4.78 is 19.4. The molecule has 0 radical (unpaired) electrons. The molecule has 5 nitrogen and oxygen atoms in total. The second-order valence-electron chi connectivity index (χ2n) is 4.89. The summed E-state index contributed by atoms with van der Waals surface area (Å²) in [4.78, 5) is 23.3. The van der Waals surface area contributed by atoms with E-state index in [1.807, 2.05) is 0 Å². The molecule has 0 aliphatic carbocycles. The van der Waals surface area contributed by atoms with Crippen molar-refractivity contribution in [1.82, 2.24) is 0 Å². The molecule has 0 spiro atoms. The first-order valence-electron chi connectivity index (χ1n) is 7.25. The molecule has 7 heteroatoms. The van der Waals surface area contributed by atoms with Gasteiger partial charge in [0.05, 0.1) is 0 Å². The Bertz CT molecular complexity index is 752. The Morgan fingerprint density at radius 1 is 1.08 bits per heavy atom. The zero-order valence-electron chi connectivity index (χ0n) is 12.9. The predicted octanol–water partition coefficient (Wildman–Crippen LogP) is 3.95. The van der Waals surface area contributed by atoms with Crippen molar-refractivity contribution in [2.75, 3.05) is 17.2 Å². The highest BCUT2D eigenvalue weighted by atomic mass is 79.9. The molecule has 0 unspecified atom stereocenters. The second kappa shape index (κ2) is 8.44. The Balaban J connectivity index is 1.92. The molecule has 2 aromatic carbocycles. The summed E-state index contributed by atoms with van der Waals surface area (Å²) in [5.74, 6) is -1.11. The van der Waals surface area contributed by atoms with Gasteiger partial charge in [0, 0.05) is 22.3 Å². The van der Waals surface area contributed by atoms with E-state index >= 15 is 0 Å². The fraction of sp³-hybridized carbons (Fsp3) is 0.176. The smallest absolute Gasteiger partial charge is 0.262 e. The number of nitrogens with one attached hydrogen (secondary N) is 2. The number of halogens is 2. The predicted molar refractivity (Wildman–Crippen MR) is 93.6 cm³/mol. The zero-order valence-corrected chi connectivity index (χ0v) is 14.5. The van der Waals surface area contributed by atoms with Crippen molar-refractivity contribution in [3.05, 3.63) is 52.8 Å². The van der Waals surface area contributed by atoms with Gasteiger partial charge >= 0.3 is 0 Å². The van der Waals surface area contributed by atoms with Crippen LogP contribution in [0.4, 0.5) is 15.8 Å². The summed E-state index contributed by atoms with van der Waals surface area (Å²) in [6.45, 7) is 1.42. The maximum Gasteiger partial charge on any atom is 0.262 e.